The van der Waals surface area contributed by atoms with Crippen LogP contribution in [0.4, 0.5) is 0 Å². The Morgan fingerprint density at radius 2 is 1.90 bits per heavy atom. The normalized spacial score (nSPS) is 12.7. The third kappa shape index (κ3) is 6.07. The molecule has 0 aliphatic rings. The molecule has 0 saturated carbocycles. The molecule has 1 unspecified atom stereocenters. The fourth-order valence-corrected chi connectivity index (χ4v) is 3.32. The first-order valence-electron chi connectivity index (χ1n) is 10.3. The number of aliphatic hydroxyl groups is 2. The summed E-state index contributed by atoms with van der Waals surface area (Å²) in [6, 6.07) is 12.6. The van der Waals surface area contributed by atoms with E-state index in [2.05, 4.69) is 28.7 Å². The maximum absolute atomic E-state index is 10.5. The number of hydrogen-bond donors (Lipinski definition) is 4. The number of nitrogens with zero attached hydrogens (tertiary/aromatic N) is 2. The van der Waals surface area contributed by atoms with Crippen LogP contribution in [-0.4, -0.2) is 44.1 Å². The molecule has 1 aromatic heterocycles. The summed E-state index contributed by atoms with van der Waals surface area (Å²) in [7, 11) is 1.65. The van der Waals surface area contributed by atoms with Crippen molar-refractivity contribution >= 4 is 0 Å². The van der Waals surface area contributed by atoms with E-state index >= 15 is 0 Å². The van der Waals surface area contributed by atoms with Gasteiger partial charge in [-0.25, -0.2) is 4.98 Å². The molecule has 7 nitrogen and oxygen atoms in total. The van der Waals surface area contributed by atoms with Gasteiger partial charge in [-0.1, -0.05) is 6.07 Å². The van der Waals surface area contributed by atoms with E-state index < -0.39 is 6.10 Å². The number of hydrogen-bond acceptors (Lipinski definition) is 6. The van der Waals surface area contributed by atoms with Gasteiger partial charge in [0.15, 0.2) is 0 Å². The van der Waals surface area contributed by atoms with Crippen LogP contribution in [0.5, 0.6) is 11.5 Å². The summed E-state index contributed by atoms with van der Waals surface area (Å²) in [5.41, 5.74) is 2.81. The molecule has 4 N–H and O–H groups in total. The highest BCUT2D eigenvalue weighted by atomic mass is 16.5. The van der Waals surface area contributed by atoms with E-state index in [-0.39, 0.29) is 17.9 Å². The average molecular weight is 426 g/mol. The molecule has 0 bridgehead atoms. The fourth-order valence-electron chi connectivity index (χ4n) is 3.32. The molecule has 0 aliphatic carbocycles. The number of aryl methyl sites for hydroxylation is 1. The number of nitrogens with one attached hydrogen (secondary N) is 1. The number of β-amino-alcohol motifs (C(OH)–C–C–N with tert-alkyl or cyclic N) is 1. The fraction of sp³-hybridized carbons (Fsp3) is 0.375. The van der Waals surface area contributed by atoms with Crippen molar-refractivity contribution in [3.05, 3.63) is 66.1 Å². The Morgan fingerprint density at radius 3 is 2.58 bits per heavy atom. The average Bonchev–Trinajstić information content (AvgIpc) is 3.26. The number of methoxy groups -OCH3 is 1. The predicted octanol–water partition coefficient (Wildman–Crippen LogP) is 3.25. The first kappa shape index (κ1) is 22.8. The van der Waals surface area contributed by atoms with Gasteiger partial charge in [0.2, 0.25) is 0 Å². The molecule has 0 radical (unpaired) electrons. The second-order valence-corrected chi connectivity index (χ2v) is 8.30. The molecule has 0 fully saturated rings. The van der Waals surface area contributed by atoms with Crippen molar-refractivity contribution in [1.29, 1.82) is 0 Å². The zero-order valence-electron chi connectivity index (χ0n) is 18.2. The summed E-state index contributed by atoms with van der Waals surface area (Å²) in [4.78, 5) is 4.50. The van der Waals surface area contributed by atoms with Crippen molar-refractivity contribution in [2.24, 2.45) is 0 Å². The van der Waals surface area contributed by atoms with Gasteiger partial charge in [-0.05, 0) is 62.2 Å². The Balaban J connectivity index is 1.53. The van der Waals surface area contributed by atoms with Crippen LogP contribution in [0.25, 0.3) is 11.3 Å². The zero-order valence-corrected chi connectivity index (χ0v) is 18.2. The molecule has 3 rings (SSSR count). The largest absolute Gasteiger partial charge is 0.508 e. The molecule has 3 aromatic rings. The van der Waals surface area contributed by atoms with Crippen LogP contribution in [-0.2, 0) is 13.2 Å². The molecule has 2 aromatic carbocycles. The Morgan fingerprint density at radius 1 is 1.16 bits per heavy atom. The lowest BCUT2D eigenvalue weighted by Gasteiger charge is -2.28. The molecule has 0 spiro atoms. The van der Waals surface area contributed by atoms with E-state index in [1.54, 1.807) is 19.2 Å². The summed E-state index contributed by atoms with van der Waals surface area (Å²) in [5, 5.41) is 32.9. The lowest BCUT2D eigenvalue weighted by molar-refractivity contribution is 0.157. The van der Waals surface area contributed by atoms with Gasteiger partial charge >= 0.3 is 0 Å². The number of rotatable bonds is 10. The van der Waals surface area contributed by atoms with E-state index in [9.17, 15) is 15.3 Å². The minimum atomic E-state index is -0.736. The van der Waals surface area contributed by atoms with Gasteiger partial charge in [-0.15, -0.1) is 0 Å². The predicted molar refractivity (Wildman–Crippen MR) is 120 cm³/mol. The monoisotopic (exact) mass is 425 g/mol. The second-order valence-electron chi connectivity index (χ2n) is 8.30. The summed E-state index contributed by atoms with van der Waals surface area (Å²) >= 11 is 0. The minimum absolute atomic E-state index is 0.0288. The van der Waals surface area contributed by atoms with E-state index in [0.717, 1.165) is 30.0 Å². The Labute approximate surface area is 183 Å². The molecule has 31 heavy (non-hydrogen) atoms. The van der Waals surface area contributed by atoms with E-state index in [4.69, 9.17) is 4.74 Å². The quantitative estimate of drug-likeness (QED) is 0.398. The molecular formula is C24H31N3O4. The number of imidazole rings is 1. The molecule has 7 heteroatoms. The van der Waals surface area contributed by atoms with Crippen molar-refractivity contribution in [2.45, 2.75) is 45.1 Å². The molecule has 0 saturated heterocycles. The number of ether oxygens (including phenoxy) is 1. The number of benzene rings is 2. The van der Waals surface area contributed by atoms with Gasteiger partial charge in [0.05, 0.1) is 31.8 Å². The highest BCUT2D eigenvalue weighted by Gasteiger charge is 2.20. The lowest BCUT2D eigenvalue weighted by Crippen LogP contribution is -2.42. The first-order valence-corrected chi connectivity index (χ1v) is 10.3. The Hall–Kier alpha value is -2.87. The van der Waals surface area contributed by atoms with Gasteiger partial charge in [0, 0.05) is 36.0 Å². The highest BCUT2D eigenvalue weighted by molar-refractivity contribution is 5.59. The number of phenols is 1. The second kappa shape index (κ2) is 9.96. The lowest BCUT2D eigenvalue weighted by atomic mass is 9.99. The third-order valence-corrected chi connectivity index (χ3v) is 5.45. The summed E-state index contributed by atoms with van der Waals surface area (Å²) < 4.78 is 7.26. The van der Waals surface area contributed by atoms with Crippen molar-refractivity contribution in [2.75, 3.05) is 13.7 Å². The van der Waals surface area contributed by atoms with Crippen LogP contribution in [0.3, 0.4) is 0 Å². The zero-order chi connectivity index (χ0) is 22.4. The molecule has 0 amide bonds. The van der Waals surface area contributed by atoms with Gasteiger partial charge < -0.3 is 29.9 Å². The molecular weight excluding hydrogens is 394 g/mol. The third-order valence-electron chi connectivity index (χ3n) is 5.45. The molecule has 166 valence electrons. The van der Waals surface area contributed by atoms with Crippen molar-refractivity contribution in [1.82, 2.24) is 14.9 Å². The summed E-state index contributed by atoms with van der Waals surface area (Å²) in [6.45, 7) is 5.07. The Bertz CT molecular complexity index is 983. The Kier molecular flexibility index (Phi) is 7.33. The smallest absolute Gasteiger partial charge is 0.121 e. The van der Waals surface area contributed by atoms with E-state index in [1.807, 2.05) is 36.8 Å². The maximum Gasteiger partial charge on any atom is 0.121 e. The van der Waals surface area contributed by atoms with Crippen LogP contribution in [0.2, 0.25) is 0 Å². The molecule has 1 heterocycles. The number of aromatic hydroxyl groups is 1. The SMILES string of the molecule is COc1ccc(-c2cn(CCC(C)(C)NCC(O)c3ccc(O)c(CO)c3)cn2)cc1. The van der Waals surface area contributed by atoms with Gasteiger partial charge in [-0.2, -0.15) is 0 Å². The number of aromatic nitrogens is 2. The highest BCUT2D eigenvalue weighted by Crippen LogP contribution is 2.24. The molecule has 1 atom stereocenters. The standard InChI is InChI=1S/C24H31N3O4/c1-24(2,26-13-23(30)18-6-9-22(29)19(12-18)15-28)10-11-27-14-21(25-16-27)17-4-7-20(31-3)8-5-17/h4-9,12,14,16,23,26,28-30H,10-11,13,15H2,1-3H3. The summed E-state index contributed by atoms with van der Waals surface area (Å²) in [5.74, 6) is 0.846. The topological polar surface area (TPSA) is 99.8 Å². The van der Waals surface area contributed by atoms with Crippen LogP contribution in [0.1, 0.15) is 37.5 Å². The van der Waals surface area contributed by atoms with Crippen molar-refractivity contribution in [3.8, 4) is 22.8 Å². The van der Waals surface area contributed by atoms with Crippen LogP contribution < -0.4 is 10.1 Å². The van der Waals surface area contributed by atoms with Crippen molar-refractivity contribution < 1.29 is 20.1 Å². The first-order chi connectivity index (χ1) is 14.8. The van der Waals surface area contributed by atoms with E-state index in [0.29, 0.717) is 17.7 Å². The minimum Gasteiger partial charge on any atom is -0.508 e. The van der Waals surface area contributed by atoms with Gasteiger partial charge in [0.1, 0.15) is 11.5 Å². The van der Waals surface area contributed by atoms with Crippen LogP contribution in [0.15, 0.2) is 55.0 Å². The van der Waals surface area contributed by atoms with Crippen molar-refractivity contribution in [3.63, 3.8) is 0 Å². The summed E-state index contributed by atoms with van der Waals surface area (Å²) in [6.07, 6.45) is 3.96. The maximum atomic E-state index is 10.5. The van der Waals surface area contributed by atoms with Gasteiger partial charge in [0.25, 0.3) is 0 Å². The number of aliphatic hydroxyl groups excluding tert-OH is 2. The van der Waals surface area contributed by atoms with Gasteiger partial charge in [-0.3, -0.25) is 0 Å². The van der Waals surface area contributed by atoms with Crippen LogP contribution in [0, 0.1) is 0 Å². The van der Waals surface area contributed by atoms with E-state index in [1.165, 1.54) is 6.07 Å². The van der Waals surface area contributed by atoms with Crippen LogP contribution >= 0.6 is 0 Å². The molecule has 0 aliphatic heterocycles.